The summed E-state index contributed by atoms with van der Waals surface area (Å²) in [6.07, 6.45) is 2.40. The van der Waals surface area contributed by atoms with Crippen LogP contribution in [-0.2, 0) is 4.79 Å². The van der Waals surface area contributed by atoms with Gasteiger partial charge in [-0.1, -0.05) is 26.1 Å². The van der Waals surface area contributed by atoms with E-state index in [-0.39, 0.29) is 5.91 Å². The van der Waals surface area contributed by atoms with Gasteiger partial charge in [-0.3, -0.25) is 4.79 Å². The van der Waals surface area contributed by atoms with Crippen molar-refractivity contribution in [1.82, 2.24) is 4.90 Å². The second-order valence-electron chi connectivity index (χ2n) is 3.03. The Morgan fingerprint density at radius 2 is 2.00 bits per heavy atom. The lowest BCUT2D eigenvalue weighted by Gasteiger charge is -2.20. The lowest BCUT2D eigenvalue weighted by molar-refractivity contribution is -0.130. The molecule has 0 fully saturated rings. The molecule has 1 amide bonds. The molecule has 0 spiro atoms. The fourth-order valence-corrected chi connectivity index (χ4v) is 1.28. The molecule has 0 heterocycles. The first kappa shape index (κ1) is 12.4. The minimum absolute atomic E-state index is 0.150. The van der Waals surface area contributed by atoms with Crippen molar-refractivity contribution >= 4 is 23.1 Å². The van der Waals surface area contributed by atoms with E-state index in [1.54, 1.807) is 4.90 Å². The predicted octanol–water partition coefficient (Wildman–Crippen LogP) is 1.31. The van der Waals surface area contributed by atoms with Gasteiger partial charge in [0.2, 0.25) is 5.91 Å². The van der Waals surface area contributed by atoms with Crippen LogP contribution in [0.1, 0.15) is 33.1 Å². The summed E-state index contributed by atoms with van der Waals surface area (Å²) < 4.78 is 0. The van der Waals surface area contributed by atoms with Gasteiger partial charge in [0, 0.05) is 13.0 Å². The zero-order valence-electron chi connectivity index (χ0n) is 8.38. The third kappa shape index (κ3) is 5.58. The number of carbonyl (C=O) groups excluding carboxylic acids is 1. The molecular formula is C9H18N2OS. The van der Waals surface area contributed by atoms with Crippen molar-refractivity contribution in [1.29, 1.82) is 0 Å². The maximum absolute atomic E-state index is 11.5. The largest absolute Gasteiger partial charge is 0.392 e. The van der Waals surface area contributed by atoms with Crippen LogP contribution in [0.25, 0.3) is 0 Å². The van der Waals surface area contributed by atoms with Gasteiger partial charge in [-0.05, 0) is 12.8 Å². The molecule has 0 atom stereocenters. The van der Waals surface area contributed by atoms with Crippen molar-refractivity contribution in [2.24, 2.45) is 5.73 Å². The summed E-state index contributed by atoms with van der Waals surface area (Å²) in [5.41, 5.74) is 5.40. The molecule has 2 N–H and O–H groups in total. The number of nitrogens with two attached hydrogens (primary N) is 1. The predicted molar refractivity (Wildman–Crippen MR) is 58.6 cm³/mol. The van der Waals surface area contributed by atoms with Crippen molar-refractivity contribution in [2.45, 2.75) is 33.1 Å². The van der Waals surface area contributed by atoms with E-state index in [0.717, 1.165) is 19.4 Å². The third-order valence-electron chi connectivity index (χ3n) is 1.66. The van der Waals surface area contributed by atoms with Crippen LogP contribution in [0.4, 0.5) is 0 Å². The van der Waals surface area contributed by atoms with Crippen LogP contribution in [0.2, 0.25) is 0 Å². The fraction of sp³-hybridized carbons (Fsp3) is 0.778. The van der Waals surface area contributed by atoms with Crippen molar-refractivity contribution in [3.05, 3.63) is 0 Å². The smallest absolute Gasteiger partial charge is 0.222 e. The summed E-state index contributed by atoms with van der Waals surface area (Å²) in [6.45, 7) is 5.19. The Balaban J connectivity index is 4.06. The van der Waals surface area contributed by atoms with Gasteiger partial charge in [-0.2, -0.15) is 0 Å². The van der Waals surface area contributed by atoms with Crippen molar-refractivity contribution in [2.75, 3.05) is 13.1 Å². The highest BCUT2D eigenvalue weighted by Crippen LogP contribution is 1.98. The summed E-state index contributed by atoms with van der Waals surface area (Å²) in [5, 5.41) is 0. The Morgan fingerprint density at radius 1 is 1.38 bits per heavy atom. The second kappa shape index (κ2) is 6.83. The molecule has 0 aromatic heterocycles. The van der Waals surface area contributed by atoms with E-state index >= 15 is 0 Å². The first-order chi connectivity index (χ1) is 6.11. The van der Waals surface area contributed by atoms with Gasteiger partial charge in [-0.15, -0.1) is 0 Å². The van der Waals surface area contributed by atoms with Crippen LogP contribution in [0.5, 0.6) is 0 Å². The number of amides is 1. The highest BCUT2D eigenvalue weighted by Gasteiger charge is 2.11. The van der Waals surface area contributed by atoms with Crippen LogP contribution >= 0.6 is 12.2 Å². The van der Waals surface area contributed by atoms with Crippen LogP contribution in [0.3, 0.4) is 0 Å². The zero-order valence-corrected chi connectivity index (χ0v) is 9.19. The molecule has 4 heteroatoms. The van der Waals surface area contributed by atoms with Crippen LogP contribution in [0.15, 0.2) is 0 Å². The molecule has 76 valence electrons. The van der Waals surface area contributed by atoms with Gasteiger partial charge >= 0.3 is 0 Å². The van der Waals surface area contributed by atoms with E-state index in [2.05, 4.69) is 0 Å². The van der Waals surface area contributed by atoms with Gasteiger partial charge in [0.25, 0.3) is 0 Å². The summed E-state index contributed by atoms with van der Waals surface area (Å²) in [7, 11) is 0. The molecule has 13 heavy (non-hydrogen) atoms. The first-order valence-electron chi connectivity index (χ1n) is 4.67. The molecule has 0 aromatic carbocycles. The van der Waals surface area contributed by atoms with Crippen molar-refractivity contribution < 1.29 is 4.79 Å². The average molecular weight is 202 g/mol. The molecule has 0 aliphatic rings. The number of hydrogen-bond donors (Lipinski definition) is 1. The number of rotatable bonds is 6. The molecule has 0 rings (SSSR count). The highest BCUT2D eigenvalue weighted by atomic mass is 32.1. The molecule has 0 aliphatic carbocycles. The summed E-state index contributed by atoms with van der Waals surface area (Å²) in [4.78, 5) is 13.6. The fourth-order valence-electron chi connectivity index (χ4n) is 1.12. The summed E-state index contributed by atoms with van der Waals surface area (Å²) in [5.74, 6) is 0.150. The average Bonchev–Trinajstić information content (AvgIpc) is 2.03. The van der Waals surface area contributed by atoms with Gasteiger partial charge in [-0.25, -0.2) is 0 Å². The number of nitrogens with zero attached hydrogens (tertiary/aromatic N) is 1. The monoisotopic (exact) mass is 202 g/mol. The van der Waals surface area contributed by atoms with Gasteiger partial charge in [0.15, 0.2) is 0 Å². The third-order valence-corrected chi connectivity index (χ3v) is 1.79. The molecule has 0 bridgehead atoms. The van der Waals surface area contributed by atoms with E-state index < -0.39 is 0 Å². The standard InChI is InChI=1S/C9H18N2OS/c1-3-5-9(12)11(6-4-2)7-8(10)13/h3-7H2,1-2H3,(H2,10,13). The van der Waals surface area contributed by atoms with Crippen molar-refractivity contribution in [3.63, 3.8) is 0 Å². The van der Waals surface area contributed by atoms with E-state index in [0.29, 0.717) is 18.0 Å². The maximum Gasteiger partial charge on any atom is 0.222 e. The van der Waals surface area contributed by atoms with Crippen LogP contribution in [0, 0.1) is 0 Å². The Kier molecular flexibility index (Phi) is 6.49. The molecule has 0 aliphatic heterocycles. The molecule has 0 saturated carbocycles. The number of carbonyl (C=O) groups is 1. The molecule has 0 saturated heterocycles. The van der Waals surface area contributed by atoms with E-state index in [1.165, 1.54) is 0 Å². The highest BCUT2D eigenvalue weighted by molar-refractivity contribution is 7.80. The van der Waals surface area contributed by atoms with Gasteiger partial charge in [0.1, 0.15) is 0 Å². The minimum atomic E-state index is 0.150. The molecule has 0 unspecified atom stereocenters. The first-order valence-corrected chi connectivity index (χ1v) is 5.08. The van der Waals surface area contributed by atoms with Crippen LogP contribution < -0.4 is 5.73 Å². The summed E-state index contributed by atoms with van der Waals surface area (Å²) in [6, 6.07) is 0. The second-order valence-corrected chi connectivity index (χ2v) is 3.56. The van der Waals surface area contributed by atoms with E-state index in [1.807, 2.05) is 13.8 Å². The number of hydrogen-bond acceptors (Lipinski definition) is 2. The quantitative estimate of drug-likeness (QED) is 0.661. The van der Waals surface area contributed by atoms with E-state index in [4.69, 9.17) is 18.0 Å². The Hall–Kier alpha value is -0.640. The van der Waals surface area contributed by atoms with E-state index in [9.17, 15) is 4.79 Å². The lowest BCUT2D eigenvalue weighted by Crippen LogP contribution is -2.38. The Labute approximate surface area is 85.3 Å². The van der Waals surface area contributed by atoms with Crippen molar-refractivity contribution in [3.8, 4) is 0 Å². The molecule has 3 nitrogen and oxygen atoms in total. The molecular weight excluding hydrogens is 184 g/mol. The number of thiocarbonyl (C=S) groups is 1. The topological polar surface area (TPSA) is 46.3 Å². The normalized spacial score (nSPS) is 9.69. The molecule has 0 aromatic rings. The minimum Gasteiger partial charge on any atom is -0.392 e. The van der Waals surface area contributed by atoms with Crippen LogP contribution in [-0.4, -0.2) is 28.9 Å². The Bertz CT molecular complexity index is 182. The van der Waals surface area contributed by atoms with Gasteiger partial charge in [0.05, 0.1) is 11.5 Å². The summed E-state index contributed by atoms with van der Waals surface area (Å²) >= 11 is 4.77. The lowest BCUT2D eigenvalue weighted by atomic mass is 10.3. The zero-order chi connectivity index (χ0) is 10.3. The SMILES string of the molecule is CCCC(=O)N(CCC)CC(N)=S. The molecule has 0 radical (unpaired) electrons. The van der Waals surface area contributed by atoms with Gasteiger partial charge < -0.3 is 10.6 Å². The maximum atomic E-state index is 11.5. The Morgan fingerprint density at radius 3 is 2.38 bits per heavy atom.